The second-order valence-electron chi connectivity index (χ2n) is 4.03. The Morgan fingerprint density at radius 1 is 1.50 bits per heavy atom. The second kappa shape index (κ2) is 3.96. The molecule has 0 bridgehead atoms. The molecule has 1 aliphatic rings. The molecule has 1 saturated carbocycles. The first-order valence-electron chi connectivity index (χ1n) is 5.19. The number of nitrogens with two attached hydrogens (primary N) is 1. The highest BCUT2D eigenvalue weighted by atomic mass is 16.1. The average molecular weight is 192 g/mol. The lowest BCUT2D eigenvalue weighted by Gasteiger charge is -2.25. The van der Waals surface area contributed by atoms with Gasteiger partial charge in [0.2, 0.25) is 0 Å². The molecule has 2 rings (SSSR count). The lowest BCUT2D eigenvalue weighted by molar-refractivity contribution is 0.273. The first-order chi connectivity index (χ1) is 6.79. The van der Waals surface area contributed by atoms with Crippen molar-refractivity contribution in [1.29, 1.82) is 0 Å². The van der Waals surface area contributed by atoms with Crippen LogP contribution in [0.3, 0.4) is 0 Å². The Bertz CT molecular complexity index is 366. The summed E-state index contributed by atoms with van der Waals surface area (Å²) in [4.78, 5) is 11.6. The molecule has 3 nitrogen and oxygen atoms in total. The van der Waals surface area contributed by atoms with Crippen molar-refractivity contribution in [3.8, 4) is 0 Å². The van der Waals surface area contributed by atoms with Crippen molar-refractivity contribution in [3.05, 3.63) is 34.2 Å². The Morgan fingerprint density at radius 2 is 2.29 bits per heavy atom. The molecule has 1 aromatic rings. The minimum atomic E-state index is 0.0832. The molecule has 0 aliphatic heterocycles. The van der Waals surface area contributed by atoms with Crippen LogP contribution in [0.5, 0.6) is 0 Å². The van der Waals surface area contributed by atoms with Crippen LogP contribution in [-0.2, 0) is 13.1 Å². The van der Waals surface area contributed by atoms with Gasteiger partial charge in [0.15, 0.2) is 0 Å². The highest BCUT2D eigenvalue weighted by molar-refractivity contribution is 5.10. The molecule has 0 spiro atoms. The maximum atomic E-state index is 11.6. The topological polar surface area (TPSA) is 48.0 Å². The van der Waals surface area contributed by atoms with Gasteiger partial charge in [0.05, 0.1) is 0 Å². The van der Waals surface area contributed by atoms with Gasteiger partial charge in [0, 0.05) is 25.4 Å². The number of nitrogens with zero attached hydrogens (tertiary/aromatic N) is 1. The van der Waals surface area contributed by atoms with E-state index in [-0.39, 0.29) is 5.56 Å². The number of pyridine rings is 1. The van der Waals surface area contributed by atoms with E-state index in [2.05, 4.69) is 0 Å². The van der Waals surface area contributed by atoms with Gasteiger partial charge < -0.3 is 10.3 Å². The number of rotatable bonds is 3. The molecule has 14 heavy (non-hydrogen) atoms. The van der Waals surface area contributed by atoms with E-state index in [0.29, 0.717) is 6.54 Å². The first-order valence-corrected chi connectivity index (χ1v) is 5.19. The third kappa shape index (κ3) is 1.87. The maximum absolute atomic E-state index is 11.6. The summed E-state index contributed by atoms with van der Waals surface area (Å²) >= 11 is 0. The molecule has 1 aliphatic carbocycles. The molecule has 0 amide bonds. The van der Waals surface area contributed by atoms with Gasteiger partial charge in [-0.3, -0.25) is 4.79 Å². The van der Waals surface area contributed by atoms with Gasteiger partial charge in [0.1, 0.15) is 0 Å². The van der Waals surface area contributed by atoms with Crippen LogP contribution in [0.1, 0.15) is 24.8 Å². The summed E-state index contributed by atoms with van der Waals surface area (Å²) in [6.07, 6.45) is 5.72. The fourth-order valence-corrected chi connectivity index (χ4v) is 1.78. The molecule has 0 saturated heterocycles. The molecule has 76 valence electrons. The van der Waals surface area contributed by atoms with Gasteiger partial charge in [-0.1, -0.05) is 6.42 Å². The summed E-state index contributed by atoms with van der Waals surface area (Å²) in [6.45, 7) is 1.32. The standard InChI is InChI=1S/C11H16N2O/c12-7-10-4-5-13(11(14)6-10)8-9-2-1-3-9/h4-6,9H,1-3,7-8,12H2. The number of hydrogen-bond donors (Lipinski definition) is 1. The van der Waals surface area contributed by atoms with E-state index in [9.17, 15) is 4.79 Å². The van der Waals surface area contributed by atoms with Crippen LogP contribution in [0.4, 0.5) is 0 Å². The van der Waals surface area contributed by atoms with E-state index < -0.39 is 0 Å². The second-order valence-corrected chi connectivity index (χ2v) is 4.03. The predicted molar refractivity (Wildman–Crippen MR) is 55.9 cm³/mol. The van der Waals surface area contributed by atoms with Crippen molar-refractivity contribution in [2.75, 3.05) is 0 Å². The van der Waals surface area contributed by atoms with Gasteiger partial charge in [-0.05, 0) is 30.4 Å². The van der Waals surface area contributed by atoms with Gasteiger partial charge in [-0.2, -0.15) is 0 Å². The summed E-state index contributed by atoms with van der Waals surface area (Å²) in [5.74, 6) is 0.719. The molecule has 2 N–H and O–H groups in total. The largest absolute Gasteiger partial charge is 0.326 e. The van der Waals surface area contributed by atoms with E-state index in [0.717, 1.165) is 18.0 Å². The lowest BCUT2D eigenvalue weighted by atomic mass is 9.85. The Hall–Kier alpha value is -1.09. The summed E-state index contributed by atoms with van der Waals surface area (Å²) in [6, 6.07) is 3.57. The zero-order chi connectivity index (χ0) is 9.97. The van der Waals surface area contributed by atoms with Gasteiger partial charge in [-0.15, -0.1) is 0 Å². The van der Waals surface area contributed by atoms with E-state index in [1.54, 1.807) is 10.6 Å². The van der Waals surface area contributed by atoms with E-state index in [4.69, 9.17) is 5.73 Å². The molecule has 0 aromatic carbocycles. The Balaban J connectivity index is 2.13. The van der Waals surface area contributed by atoms with Crippen LogP contribution >= 0.6 is 0 Å². The molecule has 1 aromatic heterocycles. The fourth-order valence-electron chi connectivity index (χ4n) is 1.78. The van der Waals surface area contributed by atoms with Crippen LogP contribution in [0.2, 0.25) is 0 Å². The van der Waals surface area contributed by atoms with Crippen LogP contribution in [0, 0.1) is 5.92 Å². The SMILES string of the molecule is NCc1ccn(CC2CCC2)c(=O)c1. The van der Waals surface area contributed by atoms with Crippen molar-refractivity contribution in [2.45, 2.75) is 32.4 Å². The lowest BCUT2D eigenvalue weighted by Crippen LogP contribution is -2.26. The molecule has 1 heterocycles. The average Bonchev–Trinajstić information content (AvgIpc) is 2.13. The highest BCUT2D eigenvalue weighted by Crippen LogP contribution is 2.27. The molecular formula is C11H16N2O. The predicted octanol–water partition coefficient (Wildman–Crippen LogP) is 1.11. The molecule has 3 heteroatoms. The van der Waals surface area contributed by atoms with E-state index in [1.165, 1.54) is 19.3 Å². The minimum Gasteiger partial charge on any atom is -0.326 e. The smallest absolute Gasteiger partial charge is 0.250 e. The third-order valence-corrected chi connectivity index (χ3v) is 2.98. The Kier molecular flexibility index (Phi) is 2.68. The summed E-state index contributed by atoms with van der Waals surface area (Å²) in [7, 11) is 0. The zero-order valence-corrected chi connectivity index (χ0v) is 8.28. The fraction of sp³-hybridized carbons (Fsp3) is 0.545. The van der Waals surface area contributed by atoms with Crippen LogP contribution in [0.25, 0.3) is 0 Å². The van der Waals surface area contributed by atoms with Gasteiger partial charge in [0.25, 0.3) is 5.56 Å². The molecular weight excluding hydrogens is 176 g/mol. The number of aromatic nitrogens is 1. The van der Waals surface area contributed by atoms with Crippen molar-refractivity contribution in [1.82, 2.24) is 4.57 Å². The van der Waals surface area contributed by atoms with Crippen molar-refractivity contribution in [2.24, 2.45) is 11.7 Å². The van der Waals surface area contributed by atoms with Gasteiger partial charge >= 0.3 is 0 Å². The van der Waals surface area contributed by atoms with Crippen molar-refractivity contribution < 1.29 is 0 Å². The van der Waals surface area contributed by atoms with Crippen molar-refractivity contribution >= 4 is 0 Å². The molecule has 0 radical (unpaired) electrons. The van der Waals surface area contributed by atoms with E-state index in [1.807, 2.05) is 12.3 Å². The number of hydrogen-bond acceptors (Lipinski definition) is 2. The molecule has 0 atom stereocenters. The molecule has 1 fully saturated rings. The summed E-state index contributed by atoms with van der Waals surface area (Å²) in [5.41, 5.74) is 6.46. The third-order valence-electron chi connectivity index (χ3n) is 2.98. The van der Waals surface area contributed by atoms with Crippen LogP contribution in [-0.4, -0.2) is 4.57 Å². The quantitative estimate of drug-likeness (QED) is 0.779. The highest BCUT2D eigenvalue weighted by Gasteiger charge is 2.17. The van der Waals surface area contributed by atoms with Crippen molar-refractivity contribution in [3.63, 3.8) is 0 Å². The maximum Gasteiger partial charge on any atom is 0.250 e. The summed E-state index contributed by atoms with van der Waals surface area (Å²) in [5, 5.41) is 0. The Labute approximate surface area is 83.5 Å². The van der Waals surface area contributed by atoms with Crippen LogP contribution < -0.4 is 11.3 Å². The normalized spacial score (nSPS) is 16.6. The molecule has 0 unspecified atom stereocenters. The van der Waals surface area contributed by atoms with Gasteiger partial charge in [-0.25, -0.2) is 0 Å². The Morgan fingerprint density at radius 3 is 2.79 bits per heavy atom. The summed E-state index contributed by atoms with van der Waals surface area (Å²) < 4.78 is 1.79. The van der Waals surface area contributed by atoms with E-state index >= 15 is 0 Å². The first kappa shape index (κ1) is 9.46. The minimum absolute atomic E-state index is 0.0832. The zero-order valence-electron chi connectivity index (χ0n) is 8.28. The monoisotopic (exact) mass is 192 g/mol. The van der Waals surface area contributed by atoms with Crippen LogP contribution in [0.15, 0.2) is 23.1 Å².